The van der Waals surface area contributed by atoms with Gasteiger partial charge in [-0.3, -0.25) is 20.4 Å². The normalized spacial score (nSPS) is 16.6. The molecule has 0 aliphatic heterocycles. The molecule has 0 spiro atoms. The summed E-state index contributed by atoms with van der Waals surface area (Å²) in [5.41, 5.74) is 5.26. The molecule has 2 aromatic rings. The lowest BCUT2D eigenvalue weighted by Gasteiger charge is -2.17. The van der Waals surface area contributed by atoms with E-state index in [1.165, 1.54) is 10.9 Å². The Morgan fingerprint density at radius 2 is 1.96 bits per heavy atom. The third kappa shape index (κ3) is 3.45. The summed E-state index contributed by atoms with van der Waals surface area (Å²) in [4.78, 5) is 24.1. The van der Waals surface area contributed by atoms with Crippen molar-refractivity contribution >= 4 is 11.8 Å². The van der Waals surface area contributed by atoms with Crippen LogP contribution in [-0.2, 0) is 4.79 Å². The Morgan fingerprint density at radius 1 is 1.17 bits per heavy atom. The van der Waals surface area contributed by atoms with Gasteiger partial charge in [-0.2, -0.15) is 5.10 Å². The molecular formula is C17H18N4O3. The van der Waals surface area contributed by atoms with Crippen molar-refractivity contribution in [1.29, 1.82) is 0 Å². The maximum Gasteiger partial charge on any atom is 0.294 e. The van der Waals surface area contributed by atoms with E-state index in [1.807, 2.05) is 30.4 Å². The van der Waals surface area contributed by atoms with E-state index < -0.39 is 5.91 Å². The number of aromatic nitrogens is 2. The van der Waals surface area contributed by atoms with Gasteiger partial charge in [0.25, 0.3) is 5.91 Å². The summed E-state index contributed by atoms with van der Waals surface area (Å²) >= 11 is 0. The number of amides is 2. The van der Waals surface area contributed by atoms with Gasteiger partial charge in [-0.15, -0.1) is 0 Å². The lowest BCUT2D eigenvalue weighted by atomic mass is 9.94. The molecule has 0 fully saturated rings. The molecule has 2 amide bonds. The topological polar surface area (TPSA) is 96.3 Å². The average molecular weight is 326 g/mol. The highest BCUT2D eigenvalue weighted by Gasteiger charge is 2.21. The monoisotopic (exact) mass is 326 g/mol. The van der Waals surface area contributed by atoms with E-state index in [0.29, 0.717) is 12.1 Å². The fourth-order valence-corrected chi connectivity index (χ4v) is 2.55. The number of hydrogen-bond donors (Lipinski definition) is 3. The first-order chi connectivity index (χ1) is 11.6. The highest BCUT2D eigenvalue weighted by molar-refractivity contribution is 5.96. The van der Waals surface area contributed by atoms with Crippen molar-refractivity contribution in [1.82, 2.24) is 20.6 Å². The highest BCUT2D eigenvalue weighted by atomic mass is 16.3. The molecule has 124 valence electrons. The standard InChI is InChI=1S/C17H18N4O3/c22-14-11-21(13-9-5-2-6-10-13)20-15(14)17(24)19-18-16(23)12-7-3-1-4-8-12/h1-3,5-6,9-12,22H,4,7-8H2,(H,18,23)(H,19,24). The predicted octanol–water partition coefficient (Wildman–Crippen LogP) is 1.70. The average Bonchev–Trinajstić information content (AvgIpc) is 3.03. The first-order valence-electron chi connectivity index (χ1n) is 7.74. The summed E-state index contributed by atoms with van der Waals surface area (Å²) in [6.45, 7) is 0. The fourth-order valence-electron chi connectivity index (χ4n) is 2.55. The van der Waals surface area contributed by atoms with Crippen molar-refractivity contribution in [2.24, 2.45) is 5.92 Å². The molecular weight excluding hydrogens is 308 g/mol. The van der Waals surface area contributed by atoms with Gasteiger partial charge in [0.15, 0.2) is 11.4 Å². The molecule has 7 nitrogen and oxygen atoms in total. The number of para-hydroxylation sites is 1. The zero-order valence-corrected chi connectivity index (χ0v) is 13.0. The van der Waals surface area contributed by atoms with Gasteiger partial charge >= 0.3 is 0 Å². The van der Waals surface area contributed by atoms with Gasteiger partial charge in [-0.25, -0.2) is 4.68 Å². The van der Waals surface area contributed by atoms with Crippen LogP contribution >= 0.6 is 0 Å². The van der Waals surface area contributed by atoms with E-state index in [1.54, 1.807) is 12.1 Å². The summed E-state index contributed by atoms with van der Waals surface area (Å²) in [5, 5.41) is 14.0. The van der Waals surface area contributed by atoms with Gasteiger partial charge in [-0.05, 0) is 31.4 Å². The van der Waals surface area contributed by atoms with Crippen molar-refractivity contribution in [2.75, 3.05) is 0 Å². The second kappa shape index (κ2) is 6.99. The van der Waals surface area contributed by atoms with Crippen molar-refractivity contribution in [2.45, 2.75) is 19.3 Å². The molecule has 1 aliphatic carbocycles. The molecule has 0 saturated heterocycles. The number of hydrogen-bond acceptors (Lipinski definition) is 4. The number of benzene rings is 1. The molecule has 0 saturated carbocycles. The maximum atomic E-state index is 12.1. The summed E-state index contributed by atoms with van der Waals surface area (Å²) in [6.07, 6.45) is 7.62. The second-order valence-corrected chi connectivity index (χ2v) is 5.57. The van der Waals surface area contributed by atoms with Crippen LogP contribution < -0.4 is 10.9 Å². The Bertz CT molecular complexity index is 767. The fraction of sp³-hybridized carbons (Fsp3) is 0.235. The van der Waals surface area contributed by atoms with Crippen LogP contribution in [0, 0.1) is 5.92 Å². The lowest BCUT2D eigenvalue weighted by Crippen LogP contribution is -2.44. The number of carbonyl (C=O) groups excluding carboxylic acids is 2. The number of hydrazine groups is 1. The third-order valence-electron chi connectivity index (χ3n) is 3.87. The Morgan fingerprint density at radius 3 is 2.67 bits per heavy atom. The van der Waals surface area contributed by atoms with Crippen LogP contribution in [0.3, 0.4) is 0 Å². The molecule has 0 radical (unpaired) electrons. The van der Waals surface area contributed by atoms with E-state index in [9.17, 15) is 14.7 Å². The van der Waals surface area contributed by atoms with E-state index in [-0.39, 0.29) is 23.3 Å². The van der Waals surface area contributed by atoms with Crippen LogP contribution in [0.15, 0.2) is 48.7 Å². The first kappa shape index (κ1) is 15.8. The zero-order chi connectivity index (χ0) is 16.9. The summed E-state index contributed by atoms with van der Waals surface area (Å²) in [5.74, 6) is -1.31. The molecule has 3 N–H and O–H groups in total. The Kier molecular flexibility index (Phi) is 4.60. The molecule has 0 bridgehead atoms. The minimum absolute atomic E-state index is 0.147. The van der Waals surface area contributed by atoms with Crippen LogP contribution in [0.1, 0.15) is 29.8 Å². The smallest absolute Gasteiger partial charge is 0.294 e. The molecule has 7 heteroatoms. The summed E-state index contributed by atoms with van der Waals surface area (Å²) in [6, 6.07) is 9.11. The third-order valence-corrected chi connectivity index (χ3v) is 3.87. The van der Waals surface area contributed by atoms with Crippen molar-refractivity contribution < 1.29 is 14.7 Å². The Labute approximate surface area is 139 Å². The lowest BCUT2D eigenvalue weighted by molar-refractivity contribution is -0.126. The van der Waals surface area contributed by atoms with Crippen LogP contribution in [0.5, 0.6) is 5.75 Å². The van der Waals surface area contributed by atoms with E-state index in [4.69, 9.17) is 0 Å². The number of nitrogens with one attached hydrogen (secondary N) is 2. The van der Waals surface area contributed by atoms with Gasteiger partial charge in [0, 0.05) is 5.92 Å². The minimum Gasteiger partial charge on any atom is -0.504 e. The minimum atomic E-state index is -0.665. The zero-order valence-electron chi connectivity index (χ0n) is 13.0. The number of allylic oxidation sites excluding steroid dienone is 2. The molecule has 1 atom stereocenters. The van der Waals surface area contributed by atoms with Crippen LogP contribution in [-0.4, -0.2) is 26.7 Å². The number of carbonyl (C=O) groups is 2. The van der Waals surface area contributed by atoms with Gasteiger partial charge in [0.2, 0.25) is 5.91 Å². The van der Waals surface area contributed by atoms with Gasteiger partial charge < -0.3 is 5.11 Å². The van der Waals surface area contributed by atoms with Crippen molar-refractivity contribution in [3.63, 3.8) is 0 Å². The predicted molar refractivity (Wildman–Crippen MR) is 87.3 cm³/mol. The van der Waals surface area contributed by atoms with E-state index >= 15 is 0 Å². The molecule has 1 unspecified atom stereocenters. The molecule has 1 aliphatic rings. The van der Waals surface area contributed by atoms with Crippen molar-refractivity contribution in [3.05, 3.63) is 54.4 Å². The van der Waals surface area contributed by atoms with E-state index in [2.05, 4.69) is 16.0 Å². The van der Waals surface area contributed by atoms with Crippen molar-refractivity contribution in [3.8, 4) is 11.4 Å². The number of aromatic hydroxyl groups is 1. The highest BCUT2D eigenvalue weighted by Crippen LogP contribution is 2.19. The molecule has 1 aromatic heterocycles. The first-order valence-corrected chi connectivity index (χ1v) is 7.74. The molecule has 3 rings (SSSR count). The largest absolute Gasteiger partial charge is 0.504 e. The number of rotatable bonds is 3. The van der Waals surface area contributed by atoms with Gasteiger partial charge in [0.1, 0.15) is 0 Å². The molecule has 1 aromatic carbocycles. The van der Waals surface area contributed by atoms with Crippen LogP contribution in [0.2, 0.25) is 0 Å². The quantitative estimate of drug-likeness (QED) is 0.591. The number of nitrogens with zero attached hydrogens (tertiary/aromatic N) is 2. The van der Waals surface area contributed by atoms with Gasteiger partial charge in [-0.1, -0.05) is 30.4 Å². The van der Waals surface area contributed by atoms with Crippen LogP contribution in [0.4, 0.5) is 0 Å². The summed E-state index contributed by atoms with van der Waals surface area (Å²) < 4.78 is 1.40. The van der Waals surface area contributed by atoms with Crippen LogP contribution in [0.25, 0.3) is 5.69 Å². The molecule has 1 heterocycles. The van der Waals surface area contributed by atoms with Gasteiger partial charge in [0.05, 0.1) is 11.9 Å². The maximum absolute atomic E-state index is 12.1. The second-order valence-electron chi connectivity index (χ2n) is 5.57. The summed E-state index contributed by atoms with van der Waals surface area (Å²) in [7, 11) is 0. The Balaban J connectivity index is 1.64. The Hall–Kier alpha value is -3.09. The molecule has 24 heavy (non-hydrogen) atoms. The SMILES string of the molecule is O=C(NNC(=O)C1CC=CCC1)c1nn(-c2ccccc2)cc1O. The van der Waals surface area contributed by atoms with E-state index in [0.717, 1.165) is 12.8 Å².